The first-order chi connectivity index (χ1) is 8.20. The monoisotopic (exact) mass is 233 g/mol. The Morgan fingerprint density at radius 2 is 2.00 bits per heavy atom. The second-order valence-electron chi connectivity index (χ2n) is 4.71. The lowest BCUT2D eigenvalue weighted by Gasteiger charge is -2.32. The van der Waals surface area contributed by atoms with E-state index in [1.807, 2.05) is 25.1 Å². The summed E-state index contributed by atoms with van der Waals surface area (Å²) in [6.45, 7) is 2.98. The van der Waals surface area contributed by atoms with E-state index in [1.165, 1.54) is 0 Å². The number of hydrogen-bond acceptors (Lipinski definition) is 2. The molecule has 1 saturated heterocycles. The summed E-state index contributed by atoms with van der Waals surface area (Å²) in [7, 11) is 0. The molecule has 1 aromatic carbocycles. The molecular formula is C14H19NO2. The lowest BCUT2D eigenvalue weighted by molar-refractivity contribution is -0.142. The standard InChI is InChI=1S/C14H19NO2/c1-11-13(14(16)17)9-5-6-10-15(11)12-7-3-2-4-8-12/h2-4,7-8,11,13H,5-6,9-10H2,1H3,(H,16,17)/t11-,13+/m1/s1. The molecule has 0 spiro atoms. The maximum absolute atomic E-state index is 11.3. The first-order valence-corrected chi connectivity index (χ1v) is 6.24. The highest BCUT2D eigenvalue weighted by molar-refractivity contribution is 5.72. The molecule has 0 saturated carbocycles. The lowest BCUT2D eigenvalue weighted by Crippen LogP contribution is -2.40. The third-order valence-corrected chi connectivity index (χ3v) is 3.64. The summed E-state index contributed by atoms with van der Waals surface area (Å²) in [6, 6.07) is 10.2. The number of hydrogen-bond donors (Lipinski definition) is 1. The highest BCUT2D eigenvalue weighted by Gasteiger charge is 2.31. The summed E-state index contributed by atoms with van der Waals surface area (Å²) in [4.78, 5) is 13.5. The molecule has 1 aliphatic heterocycles. The molecule has 0 amide bonds. The Kier molecular flexibility index (Phi) is 3.67. The molecule has 1 N–H and O–H groups in total. The van der Waals surface area contributed by atoms with Crippen molar-refractivity contribution < 1.29 is 9.90 Å². The zero-order valence-electron chi connectivity index (χ0n) is 10.2. The van der Waals surface area contributed by atoms with Gasteiger partial charge < -0.3 is 10.0 Å². The van der Waals surface area contributed by atoms with Crippen LogP contribution in [0.25, 0.3) is 0 Å². The number of carbonyl (C=O) groups is 1. The topological polar surface area (TPSA) is 40.5 Å². The van der Waals surface area contributed by atoms with E-state index in [4.69, 9.17) is 0 Å². The molecule has 3 heteroatoms. The van der Waals surface area contributed by atoms with Crippen LogP contribution in [0.1, 0.15) is 26.2 Å². The van der Waals surface area contributed by atoms with Crippen molar-refractivity contribution in [2.45, 2.75) is 32.2 Å². The maximum atomic E-state index is 11.3. The second-order valence-corrected chi connectivity index (χ2v) is 4.71. The lowest BCUT2D eigenvalue weighted by atomic mass is 9.96. The van der Waals surface area contributed by atoms with Crippen LogP contribution in [0.2, 0.25) is 0 Å². The molecule has 1 fully saturated rings. The molecule has 1 heterocycles. The van der Waals surface area contributed by atoms with Gasteiger partial charge in [-0.3, -0.25) is 4.79 Å². The van der Waals surface area contributed by atoms with E-state index in [2.05, 4.69) is 17.0 Å². The molecule has 0 bridgehead atoms. The van der Waals surface area contributed by atoms with E-state index in [-0.39, 0.29) is 12.0 Å². The van der Waals surface area contributed by atoms with Crippen molar-refractivity contribution in [2.75, 3.05) is 11.4 Å². The zero-order valence-corrected chi connectivity index (χ0v) is 10.2. The number of aliphatic carboxylic acids is 1. The van der Waals surface area contributed by atoms with Gasteiger partial charge in [0.2, 0.25) is 0 Å². The van der Waals surface area contributed by atoms with Gasteiger partial charge in [-0.25, -0.2) is 0 Å². The van der Waals surface area contributed by atoms with Gasteiger partial charge in [0.1, 0.15) is 0 Å². The van der Waals surface area contributed by atoms with Crippen LogP contribution >= 0.6 is 0 Å². The van der Waals surface area contributed by atoms with Crippen LogP contribution in [0.4, 0.5) is 5.69 Å². The van der Waals surface area contributed by atoms with Crippen molar-refractivity contribution in [1.29, 1.82) is 0 Å². The van der Waals surface area contributed by atoms with Gasteiger partial charge >= 0.3 is 5.97 Å². The van der Waals surface area contributed by atoms with Gasteiger partial charge in [0, 0.05) is 18.3 Å². The van der Waals surface area contributed by atoms with Gasteiger partial charge in [0.15, 0.2) is 0 Å². The number of nitrogens with zero attached hydrogens (tertiary/aromatic N) is 1. The van der Waals surface area contributed by atoms with E-state index in [0.29, 0.717) is 0 Å². The minimum atomic E-state index is -0.666. The fourth-order valence-electron chi connectivity index (χ4n) is 2.62. The minimum absolute atomic E-state index is 0.0670. The molecule has 1 aromatic rings. The van der Waals surface area contributed by atoms with Crippen LogP contribution in [-0.4, -0.2) is 23.7 Å². The van der Waals surface area contributed by atoms with Crippen molar-refractivity contribution >= 4 is 11.7 Å². The van der Waals surface area contributed by atoms with Crippen LogP contribution < -0.4 is 4.90 Å². The highest BCUT2D eigenvalue weighted by Crippen LogP contribution is 2.27. The van der Waals surface area contributed by atoms with Crippen molar-refractivity contribution in [1.82, 2.24) is 0 Å². The smallest absolute Gasteiger partial charge is 0.308 e. The summed E-state index contributed by atoms with van der Waals surface area (Å²) < 4.78 is 0. The molecule has 92 valence electrons. The average Bonchev–Trinajstić information content (AvgIpc) is 2.52. The quantitative estimate of drug-likeness (QED) is 0.854. The summed E-state index contributed by atoms with van der Waals surface area (Å²) in [5.74, 6) is -0.918. The number of carboxylic acid groups (broad SMARTS) is 1. The van der Waals surface area contributed by atoms with E-state index < -0.39 is 5.97 Å². The van der Waals surface area contributed by atoms with E-state index in [0.717, 1.165) is 31.5 Å². The first kappa shape index (κ1) is 12.0. The number of para-hydroxylation sites is 1. The van der Waals surface area contributed by atoms with Gasteiger partial charge in [-0.05, 0) is 31.9 Å². The van der Waals surface area contributed by atoms with Gasteiger partial charge in [-0.1, -0.05) is 24.6 Å². The Morgan fingerprint density at radius 3 is 2.65 bits per heavy atom. The highest BCUT2D eigenvalue weighted by atomic mass is 16.4. The van der Waals surface area contributed by atoms with Crippen molar-refractivity contribution in [3.63, 3.8) is 0 Å². The fraction of sp³-hybridized carbons (Fsp3) is 0.500. The molecule has 0 aromatic heterocycles. The fourth-order valence-corrected chi connectivity index (χ4v) is 2.62. The van der Waals surface area contributed by atoms with Crippen molar-refractivity contribution in [3.8, 4) is 0 Å². The number of carboxylic acids is 1. The first-order valence-electron chi connectivity index (χ1n) is 6.24. The van der Waals surface area contributed by atoms with E-state index in [9.17, 15) is 9.90 Å². The third kappa shape index (κ3) is 2.60. The van der Waals surface area contributed by atoms with Crippen LogP contribution in [0.5, 0.6) is 0 Å². The summed E-state index contributed by atoms with van der Waals surface area (Å²) in [6.07, 6.45) is 2.87. The molecule has 0 aliphatic carbocycles. The summed E-state index contributed by atoms with van der Waals surface area (Å²) >= 11 is 0. The Morgan fingerprint density at radius 1 is 1.29 bits per heavy atom. The molecule has 2 rings (SSSR count). The number of anilines is 1. The Labute approximate surface area is 102 Å². The predicted octanol–water partition coefficient (Wildman–Crippen LogP) is 2.77. The van der Waals surface area contributed by atoms with Crippen LogP contribution in [-0.2, 0) is 4.79 Å². The Bertz CT molecular complexity index is 377. The third-order valence-electron chi connectivity index (χ3n) is 3.64. The van der Waals surface area contributed by atoms with Crippen molar-refractivity contribution in [3.05, 3.63) is 30.3 Å². The molecule has 17 heavy (non-hydrogen) atoms. The predicted molar refractivity (Wildman–Crippen MR) is 68.2 cm³/mol. The maximum Gasteiger partial charge on any atom is 0.308 e. The zero-order chi connectivity index (χ0) is 12.3. The molecule has 0 unspecified atom stereocenters. The van der Waals surface area contributed by atoms with Crippen LogP contribution in [0, 0.1) is 5.92 Å². The van der Waals surface area contributed by atoms with E-state index >= 15 is 0 Å². The molecular weight excluding hydrogens is 214 g/mol. The SMILES string of the molecule is C[C@@H]1[C@@H](C(=O)O)CCCCN1c1ccccc1. The van der Waals surface area contributed by atoms with Gasteiger partial charge in [0.05, 0.1) is 5.92 Å². The second kappa shape index (κ2) is 5.21. The summed E-state index contributed by atoms with van der Waals surface area (Å²) in [5, 5.41) is 9.27. The van der Waals surface area contributed by atoms with Gasteiger partial charge in [-0.15, -0.1) is 0 Å². The minimum Gasteiger partial charge on any atom is -0.481 e. The number of benzene rings is 1. The van der Waals surface area contributed by atoms with E-state index in [1.54, 1.807) is 0 Å². The Balaban J connectivity index is 2.23. The van der Waals surface area contributed by atoms with Crippen LogP contribution in [0.15, 0.2) is 30.3 Å². The van der Waals surface area contributed by atoms with Crippen LogP contribution in [0.3, 0.4) is 0 Å². The average molecular weight is 233 g/mol. The molecule has 2 atom stereocenters. The normalized spacial score (nSPS) is 25.4. The molecule has 3 nitrogen and oxygen atoms in total. The van der Waals surface area contributed by atoms with Gasteiger partial charge in [0.25, 0.3) is 0 Å². The Hall–Kier alpha value is -1.51. The summed E-state index contributed by atoms with van der Waals surface area (Å²) in [5.41, 5.74) is 1.13. The van der Waals surface area contributed by atoms with Crippen molar-refractivity contribution in [2.24, 2.45) is 5.92 Å². The number of rotatable bonds is 2. The molecule has 0 radical (unpaired) electrons. The molecule has 1 aliphatic rings. The van der Waals surface area contributed by atoms with Gasteiger partial charge in [-0.2, -0.15) is 0 Å². The largest absolute Gasteiger partial charge is 0.481 e.